The maximum atomic E-state index is 13.9. The highest BCUT2D eigenvalue weighted by molar-refractivity contribution is 5.83. The molecule has 7 heteroatoms. The number of hydrogen-bond acceptors (Lipinski definition) is 3. The van der Waals surface area contributed by atoms with Crippen molar-refractivity contribution in [3.63, 3.8) is 0 Å². The second-order valence-electron chi connectivity index (χ2n) is 6.51. The van der Waals surface area contributed by atoms with Gasteiger partial charge in [0.2, 0.25) is 0 Å². The molecule has 4 rings (SSSR count). The van der Waals surface area contributed by atoms with Crippen LogP contribution >= 0.6 is 0 Å². The lowest BCUT2D eigenvalue weighted by Crippen LogP contribution is -2.26. The second kappa shape index (κ2) is 7.48. The van der Waals surface area contributed by atoms with E-state index in [1.165, 1.54) is 0 Å². The lowest BCUT2D eigenvalue weighted by Gasteiger charge is -2.16. The predicted octanol–water partition coefficient (Wildman–Crippen LogP) is 4.78. The van der Waals surface area contributed by atoms with E-state index in [9.17, 15) is 18.0 Å². The maximum absolute atomic E-state index is 13.9. The standard InChI is InChI=1S/C23H14F3N3O/c1-2-13-29-21(16-11-7-4-8-12-16)28-20-19(22(29)30)17(23(24,25)26)14-18(27-20)15-9-5-3-6-10-15/h1,3-12,14H,13H2. The normalized spacial score (nSPS) is 11.4. The summed E-state index contributed by atoms with van der Waals surface area (Å²) in [5.74, 6) is 2.48. The van der Waals surface area contributed by atoms with Gasteiger partial charge < -0.3 is 0 Å². The molecule has 0 N–H and O–H groups in total. The minimum atomic E-state index is -4.77. The van der Waals surface area contributed by atoms with Crippen LogP contribution in [0.15, 0.2) is 71.5 Å². The summed E-state index contributed by atoms with van der Waals surface area (Å²) in [6, 6.07) is 18.0. The van der Waals surface area contributed by atoms with Gasteiger partial charge in [-0.05, 0) is 6.07 Å². The Balaban J connectivity index is 2.13. The van der Waals surface area contributed by atoms with E-state index in [0.29, 0.717) is 11.1 Å². The van der Waals surface area contributed by atoms with Crippen LogP contribution in [0.3, 0.4) is 0 Å². The SMILES string of the molecule is C#CCn1c(-c2ccccc2)nc2nc(-c3ccccc3)cc(C(F)(F)F)c2c1=O. The molecule has 0 atom stereocenters. The van der Waals surface area contributed by atoms with Crippen molar-refractivity contribution < 1.29 is 13.2 Å². The van der Waals surface area contributed by atoms with E-state index in [-0.39, 0.29) is 23.7 Å². The second-order valence-corrected chi connectivity index (χ2v) is 6.51. The number of fused-ring (bicyclic) bond motifs is 1. The van der Waals surface area contributed by atoms with E-state index in [0.717, 1.165) is 10.6 Å². The Labute approximate surface area is 169 Å². The van der Waals surface area contributed by atoms with Gasteiger partial charge >= 0.3 is 6.18 Å². The Hall–Kier alpha value is -3.92. The average Bonchev–Trinajstić information content (AvgIpc) is 2.75. The molecule has 0 aliphatic heterocycles. The van der Waals surface area contributed by atoms with E-state index in [1.807, 2.05) is 0 Å². The zero-order valence-electron chi connectivity index (χ0n) is 15.5. The molecule has 4 aromatic rings. The summed E-state index contributed by atoms with van der Waals surface area (Å²) in [5.41, 5.74) is -1.13. The van der Waals surface area contributed by atoms with Crippen molar-refractivity contribution >= 4 is 11.0 Å². The summed E-state index contributed by atoms with van der Waals surface area (Å²) < 4.78 is 42.7. The number of terminal acetylenes is 1. The summed E-state index contributed by atoms with van der Waals surface area (Å²) in [6.07, 6.45) is 0.599. The molecule has 2 aromatic heterocycles. The van der Waals surface area contributed by atoms with Crippen LogP contribution in [0, 0.1) is 12.3 Å². The van der Waals surface area contributed by atoms with Gasteiger partial charge in [-0.25, -0.2) is 9.97 Å². The first-order valence-corrected chi connectivity index (χ1v) is 8.97. The quantitative estimate of drug-likeness (QED) is 0.461. The van der Waals surface area contributed by atoms with E-state index in [4.69, 9.17) is 6.42 Å². The van der Waals surface area contributed by atoms with Crippen LogP contribution in [-0.2, 0) is 12.7 Å². The number of hydrogen-bond donors (Lipinski definition) is 0. The molecular formula is C23H14F3N3O. The molecule has 0 aliphatic carbocycles. The Bertz CT molecular complexity index is 1320. The van der Waals surface area contributed by atoms with Gasteiger partial charge in [0.05, 0.1) is 23.2 Å². The van der Waals surface area contributed by atoms with Crippen molar-refractivity contribution in [2.24, 2.45) is 0 Å². The topological polar surface area (TPSA) is 47.8 Å². The van der Waals surface area contributed by atoms with E-state index in [2.05, 4.69) is 15.9 Å². The smallest absolute Gasteiger partial charge is 0.280 e. The Morgan fingerprint density at radius 3 is 2.10 bits per heavy atom. The molecule has 0 fully saturated rings. The molecular weight excluding hydrogens is 391 g/mol. The fourth-order valence-electron chi connectivity index (χ4n) is 3.24. The molecule has 4 nitrogen and oxygen atoms in total. The molecule has 0 amide bonds. The number of halogens is 3. The number of benzene rings is 2. The van der Waals surface area contributed by atoms with Gasteiger partial charge in [0.15, 0.2) is 5.65 Å². The van der Waals surface area contributed by atoms with Crippen molar-refractivity contribution in [1.82, 2.24) is 14.5 Å². The van der Waals surface area contributed by atoms with Gasteiger partial charge in [-0.2, -0.15) is 13.2 Å². The Morgan fingerprint density at radius 2 is 1.53 bits per heavy atom. The molecule has 148 valence electrons. The number of alkyl halides is 3. The minimum Gasteiger partial charge on any atom is -0.280 e. The third-order valence-corrected chi connectivity index (χ3v) is 4.58. The van der Waals surface area contributed by atoms with Crippen molar-refractivity contribution in [3.05, 3.63) is 82.6 Å². The van der Waals surface area contributed by atoms with Crippen LogP contribution in [0.5, 0.6) is 0 Å². The number of aromatic nitrogens is 3. The van der Waals surface area contributed by atoms with Gasteiger partial charge in [0, 0.05) is 11.1 Å². The Morgan fingerprint density at radius 1 is 0.933 bits per heavy atom. The number of pyridine rings is 1. The first kappa shape index (κ1) is 19.4. The minimum absolute atomic E-state index is 0.0797. The van der Waals surface area contributed by atoms with Crippen molar-refractivity contribution in [2.45, 2.75) is 12.7 Å². The molecule has 0 aliphatic rings. The molecule has 2 aromatic carbocycles. The van der Waals surface area contributed by atoms with Crippen LogP contribution in [0.1, 0.15) is 5.56 Å². The lowest BCUT2D eigenvalue weighted by atomic mass is 10.1. The van der Waals surface area contributed by atoms with Crippen LogP contribution in [0.4, 0.5) is 13.2 Å². The van der Waals surface area contributed by atoms with Gasteiger partial charge in [-0.1, -0.05) is 66.6 Å². The largest absolute Gasteiger partial charge is 0.417 e. The molecule has 2 heterocycles. The molecule has 0 radical (unpaired) electrons. The van der Waals surface area contributed by atoms with Crippen molar-refractivity contribution in [2.75, 3.05) is 0 Å². The number of rotatable bonds is 3. The highest BCUT2D eigenvalue weighted by atomic mass is 19.4. The summed E-state index contributed by atoms with van der Waals surface area (Å²) in [7, 11) is 0. The number of nitrogens with zero attached hydrogens (tertiary/aromatic N) is 3. The van der Waals surface area contributed by atoms with Gasteiger partial charge in [-0.3, -0.25) is 9.36 Å². The molecule has 0 bridgehead atoms. The van der Waals surface area contributed by atoms with E-state index in [1.54, 1.807) is 60.7 Å². The lowest BCUT2D eigenvalue weighted by molar-refractivity contribution is -0.136. The first-order chi connectivity index (χ1) is 14.4. The Kier molecular flexibility index (Phi) is 4.84. The monoisotopic (exact) mass is 405 g/mol. The maximum Gasteiger partial charge on any atom is 0.417 e. The summed E-state index contributed by atoms with van der Waals surface area (Å²) in [5, 5.41) is -0.600. The van der Waals surface area contributed by atoms with E-state index < -0.39 is 22.7 Å². The third kappa shape index (κ3) is 3.44. The average molecular weight is 405 g/mol. The van der Waals surface area contributed by atoms with Crippen LogP contribution in [-0.4, -0.2) is 14.5 Å². The van der Waals surface area contributed by atoms with Gasteiger partial charge in [0.25, 0.3) is 5.56 Å². The van der Waals surface area contributed by atoms with Crippen LogP contribution in [0.25, 0.3) is 33.7 Å². The molecule has 0 saturated heterocycles. The molecule has 0 unspecified atom stereocenters. The molecule has 30 heavy (non-hydrogen) atoms. The first-order valence-electron chi connectivity index (χ1n) is 8.97. The predicted molar refractivity (Wildman–Crippen MR) is 109 cm³/mol. The van der Waals surface area contributed by atoms with Gasteiger partial charge in [0.1, 0.15) is 5.82 Å². The fraction of sp³-hybridized carbons (Fsp3) is 0.0870. The van der Waals surface area contributed by atoms with Crippen LogP contribution in [0.2, 0.25) is 0 Å². The molecule has 0 spiro atoms. The summed E-state index contributed by atoms with van der Waals surface area (Å²) in [4.78, 5) is 21.7. The molecule has 0 saturated carbocycles. The van der Waals surface area contributed by atoms with Crippen molar-refractivity contribution in [3.8, 4) is 35.0 Å². The van der Waals surface area contributed by atoms with E-state index >= 15 is 0 Å². The summed E-state index contributed by atoms with van der Waals surface area (Å²) in [6.45, 7) is -0.219. The third-order valence-electron chi connectivity index (χ3n) is 4.58. The van der Waals surface area contributed by atoms with Crippen LogP contribution < -0.4 is 5.56 Å². The highest BCUT2D eigenvalue weighted by Gasteiger charge is 2.36. The zero-order valence-corrected chi connectivity index (χ0v) is 15.5. The van der Waals surface area contributed by atoms with Crippen molar-refractivity contribution in [1.29, 1.82) is 0 Å². The summed E-state index contributed by atoms with van der Waals surface area (Å²) >= 11 is 0. The van der Waals surface area contributed by atoms with Gasteiger partial charge in [-0.15, -0.1) is 6.42 Å². The zero-order chi connectivity index (χ0) is 21.3. The fourth-order valence-corrected chi connectivity index (χ4v) is 3.24. The highest BCUT2D eigenvalue weighted by Crippen LogP contribution is 2.35.